The van der Waals surface area contributed by atoms with Gasteiger partial charge < -0.3 is 14.8 Å². The van der Waals surface area contributed by atoms with E-state index in [1.807, 2.05) is 55.5 Å². The third-order valence-electron chi connectivity index (χ3n) is 4.73. The average Bonchev–Trinajstić information content (AvgIpc) is 3.19. The predicted octanol–water partition coefficient (Wildman–Crippen LogP) is 3.97. The summed E-state index contributed by atoms with van der Waals surface area (Å²) in [4.78, 5) is 16.7. The molecule has 4 rings (SSSR count). The molecule has 0 bridgehead atoms. The van der Waals surface area contributed by atoms with Gasteiger partial charge in [0.05, 0.1) is 12.7 Å². The monoisotopic (exact) mass is 410 g/mol. The van der Waals surface area contributed by atoms with Crippen molar-refractivity contribution in [3.8, 4) is 5.75 Å². The van der Waals surface area contributed by atoms with E-state index in [1.54, 1.807) is 4.68 Å². The second kappa shape index (κ2) is 7.97. The summed E-state index contributed by atoms with van der Waals surface area (Å²) in [7, 11) is 1.36. The van der Waals surface area contributed by atoms with Crippen LogP contribution in [0.4, 0.5) is 5.95 Å². The zero-order chi connectivity index (χ0) is 20.4. The van der Waals surface area contributed by atoms with Crippen LogP contribution in [0.15, 0.2) is 66.1 Å². The number of anilines is 1. The fraction of sp³-hybridized carbons (Fsp3) is 0.190. The van der Waals surface area contributed by atoms with Crippen molar-refractivity contribution in [3.05, 3.63) is 82.3 Å². The lowest BCUT2D eigenvalue weighted by atomic mass is 9.95. The van der Waals surface area contributed by atoms with E-state index < -0.39 is 12.0 Å². The normalized spacial score (nSPS) is 15.5. The van der Waals surface area contributed by atoms with Crippen LogP contribution in [0.2, 0.25) is 5.02 Å². The van der Waals surface area contributed by atoms with Gasteiger partial charge in [-0.05, 0) is 30.7 Å². The molecule has 0 saturated carbocycles. The highest BCUT2D eigenvalue weighted by atomic mass is 35.5. The Kier molecular flexibility index (Phi) is 5.22. The van der Waals surface area contributed by atoms with E-state index >= 15 is 0 Å². The quantitative estimate of drug-likeness (QED) is 0.641. The molecule has 0 amide bonds. The van der Waals surface area contributed by atoms with Gasteiger partial charge in [0.2, 0.25) is 5.95 Å². The van der Waals surface area contributed by atoms with Gasteiger partial charge >= 0.3 is 5.97 Å². The van der Waals surface area contributed by atoms with Crippen LogP contribution in [0.3, 0.4) is 0 Å². The molecule has 0 aliphatic carbocycles. The zero-order valence-corrected chi connectivity index (χ0v) is 16.7. The molecule has 3 aromatic rings. The zero-order valence-electron chi connectivity index (χ0n) is 15.9. The standard InChI is InChI=1S/C21H19ClN4O3/c1-13-18(20(27)28-2)19(26-21(25-13)23-12-24-26)14-7-5-8-16(10-14)29-11-15-6-3-4-9-17(15)22/h3-10,12,19H,11H2,1-2H3,(H,23,24,25). The van der Waals surface area contributed by atoms with Crippen molar-refractivity contribution in [1.29, 1.82) is 0 Å². The van der Waals surface area contributed by atoms with E-state index in [1.165, 1.54) is 13.4 Å². The summed E-state index contributed by atoms with van der Waals surface area (Å²) in [5.74, 6) is 0.788. The number of methoxy groups -OCH3 is 1. The van der Waals surface area contributed by atoms with Crippen molar-refractivity contribution in [3.63, 3.8) is 0 Å². The number of rotatable bonds is 5. The molecule has 1 atom stereocenters. The van der Waals surface area contributed by atoms with Crippen molar-refractivity contribution in [2.24, 2.45) is 0 Å². The number of carbonyl (C=O) groups excluding carboxylic acids is 1. The largest absolute Gasteiger partial charge is 0.489 e. The predicted molar refractivity (Wildman–Crippen MR) is 109 cm³/mol. The van der Waals surface area contributed by atoms with E-state index in [2.05, 4.69) is 15.4 Å². The van der Waals surface area contributed by atoms with Crippen molar-refractivity contribution >= 4 is 23.5 Å². The summed E-state index contributed by atoms with van der Waals surface area (Å²) in [6, 6.07) is 14.6. The van der Waals surface area contributed by atoms with Gasteiger partial charge in [0.1, 0.15) is 24.7 Å². The number of fused-ring (bicyclic) bond motifs is 1. The lowest BCUT2D eigenvalue weighted by molar-refractivity contribution is -0.136. The Bertz CT molecular complexity index is 1090. The van der Waals surface area contributed by atoms with Crippen molar-refractivity contribution in [1.82, 2.24) is 14.8 Å². The van der Waals surface area contributed by atoms with Crippen molar-refractivity contribution < 1.29 is 14.3 Å². The minimum absolute atomic E-state index is 0.336. The van der Waals surface area contributed by atoms with E-state index in [0.29, 0.717) is 34.6 Å². The van der Waals surface area contributed by atoms with Crippen LogP contribution < -0.4 is 10.1 Å². The van der Waals surface area contributed by atoms with Crippen LogP contribution in [-0.4, -0.2) is 27.8 Å². The van der Waals surface area contributed by atoms with Gasteiger partial charge in [0.25, 0.3) is 0 Å². The van der Waals surface area contributed by atoms with Crippen LogP contribution in [0.25, 0.3) is 0 Å². The number of allylic oxidation sites excluding steroid dienone is 1. The van der Waals surface area contributed by atoms with Crippen molar-refractivity contribution in [2.75, 3.05) is 12.4 Å². The maximum absolute atomic E-state index is 12.5. The lowest BCUT2D eigenvalue weighted by Crippen LogP contribution is -2.29. The highest BCUT2D eigenvalue weighted by molar-refractivity contribution is 6.31. The summed E-state index contributed by atoms with van der Waals surface area (Å²) in [6.07, 6.45) is 1.45. The number of aromatic nitrogens is 3. The van der Waals surface area contributed by atoms with Crippen LogP contribution in [-0.2, 0) is 16.1 Å². The molecule has 8 heteroatoms. The Morgan fingerprint density at radius 2 is 2.07 bits per heavy atom. The Morgan fingerprint density at radius 3 is 2.86 bits per heavy atom. The molecule has 148 valence electrons. The Balaban J connectivity index is 1.68. The van der Waals surface area contributed by atoms with Gasteiger partial charge in [-0.25, -0.2) is 9.48 Å². The van der Waals surface area contributed by atoms with Crippen molar-refractivity contribution in [2.45, 2.75) is 19.6 Å². The molecular weight excluding hydrogens is 392 g/mol. The van der Waals surface area contributed by atoms with Crippen LogP contribution in [0.1, 0.15) is 24.1 Å². The molecular formula is C21H19ClN4O3. The van der Waals surface area contributed by atoms with Gasteiger partial charge in [0.15, 0.2) is 0 Å². The number of ether oxygens (including phenoxy) is 2. The summed E-state index contributed by atoms with van der Waals surface area (Å²) in [5, 5.41) is 8.04. The Labute approximate surface area is 172 Å². The summed E-state index contributed by atoms with van der Waals surface area (Å²) in [6.45, 7) is 2.15. The Hall–Kier alpha value is -3.32. The van der Waals surface area contributed by atoms with Gasteiger partial charge in [-0.3, -0.25) is 0 Å². The molecule has 2 aromatic carbocycles. The molecule has 7 nitrogen and oxygen atoms in total. The lowest BCUT2D eigenvalue weighted by Gasteiger charge is -2.28. The van der Waals surface area contributed by atoms with Gasteiger partial charge in [-0.1, -0.05) is 41.9 Å². The molecule has 1 aliphatic heterocycles. The number of benzene rings is 2. The van der Waals surface area contributed by atoms with Crippen LogP contribution in [0.5, 0.6) is 5.75 Å². The van der Waals surface area contributed by atoms with Crippen LogP contribution >= 0.6 is 11.6 Å². The molecule has 1 unspecified atom stereocenters. The molecule has 1 aromatic heterocycles. The molecule has 0 saturated heterocycles. The minimum Gasteiger partial charge on any atom is -0.489 e. The smallest absolute Gasteiger partial charge is 0.338 e. The summed E-state index contributed by atoms with van der Waals surface area (Å²) >= 11 is 6.21. The Morgan fingerprint density at radius 1 is 1.24 bits per heavy atom. The van der Waals surface area contributed by atoms with E-state index in [-0.39, 0.29) is 0 Å². The molecule has 29 heavy (non-hydrogen) atoms. The molecule has 2 heterocycles. The summed E-state index contributed by atoms with van der Waals surface area (Å²) in [5.41, 5.74) is 2.86. The summed E-state index contributed by atoms with van der Waals surface area (Å²) < 4.78 is 12.6. The first-order valence-corrected chi connectivity index (χ1v) is 9.38. The van der Waals surface area contributed by atoms with Crippen LogP contribution in [0, 0.1) is 0 Å². The van der Waals surface area contributed by atoms with Gasteiger partial charge in [-0.2, -0.15) is 10.1 Å². The average molecular weight is 411 g/mol. The maximum Gasteiger partial charge on any atom is 0.338 e. The van der Waals surface area contributed by atoms with E-state index in [0.717, 1.165) is 11.1 Å². The third kappa shape index (κ3) is 3.69. The molecule has 0 radical (unpaired) electrons. The minimum atomic E-state index is -0.481. The SMILES string of the molecule is COC(=O)C1=C(C)Nc2ncnn2C1c1cccc(OCc2ccccc2Cl)c1. The molecule has 1 aliphatic rings. The number of hydrogen-bond donors (Lipinski definition) is 1. The second-order valence-corrected chi connectivity index (χ2v) is 6.95. The first kappa shape index (κ1) is 19.0. The molecule has 1 N–H and O–H groups in total. The number of esters is 1. The number of halogens is 1. The fourth-order valence-electron chi connectivity index (χ4n) is 3.32. The maximum atomic E-state index is 12.5. The van der Waals surface area contributed by atoms with E-state index in [4.69, 9.17) is 21.1 Å². The molecule has 0 fully saturated rings. The van der Waals surface area contributed by atoms with Gasteiger partial charge in [0, 0.05) is 16.3 Å². The highest BCUT2D eigenvalue weighted by Gasteiger charge is 2.34. The number of hydrogen-bond acceptors (Lipinski definition) is 6. The number of carbonyl (C=O) groups is 1. The van der Waals surface area contributed by atoms with Gasteiger partial charge in [-0.15, -0.1) is 0 Å². The first-order chi connectivity index (χ1) is 14.1. The van der Waals surface area contributed by atoms with E-state index in [9.17, 15) is 4.79 Å². The first-order valence-electron chi connectivity index (χ1n) is 9.00. The molecule has 0 spiro atoms. The number of nitrogens with one attached hydrogen (secondary N) is 1. The fourth-order valence-corrected chi connectivity index (χ4v) is 3.51. The highest BCUT2D eigenvalue weighted by Crippen LogP contribution is 2.36. The number of nitrogens with zero attached hydrogens (tertiary/aromatic N) is 3. The third-order valence-corrected chi connectivity index (χ3v) is 5.09. The second-order valence-electron chi connectivity index (χ2n) is 6.54. The topological polar surface area (TPSA) is 78.3 Å².